The lowest BCUT2D eigenvalue weighted by Crippen LogP contribution is -2.48. The molecule has 0 saturated carbocycles. The average molecular weight is 480 g/mol. The minimum absolute atomic E-state index is 0.124. The van der Waals surface area contributed by atoms with Gasteiger partial charge in [-0.3, -0.25) is 14.8 Å². The zero-order valence-corrected chi connectivity index (χ0v) is 21.2. The summed E-state index contributed by atoms with van der Waals surface area (Å²) < 4.78 is 1.91. The van der Waals surface area contributed by atoms with Crippen molar-refractivity contribution in [2.24, 2.45) is 0 Å². The number of benzene rings is 2. The first-order valence-electron chi connectivity index (χ1n) is 12.6. The summed E-state index contributed by atoms with van der Waals surface area (Å²) in [6.07, 6.45) is 4.45. The highest BCUT2D eigenvalue weighted by Crippen LogP contribution is 2.30. The Labute approximate surface area is 213 Å². The van der Waals surface area contributed by atoms with Gasteiger partial charge in [-0.1, -0.05) is 66.7 Å². The van der Waals surface area contributed by atoms with Crippen molar-refractivity contribution < 1.29 is 0 Å². The van der Waals surface area contributed by atoms with Gasteiger partial charge in [-0.2, -0.15) is 4.68 Å². The van der Waals surface area contributed by atoms with Gasteiger partial charge >= 0.3 is 0 Å². The van der Waals surface area contributed by atoms with E-state index in [4.69, 9.17) is 4.98 Å². The van der Waals surface area contributed by atoms with E-state index in [1.165, 1.54) is 5.56 Å². The van der Waals surface area contributed by atoms with E-state index >= 15 is 0 Å². The Hall–Kier alpha value is -3.68. The number of para-hydroxylation sites is 1. The van der Waals surface area contributed by atoms with Gasteiger partial charge in [-0.05, 0) is 60.0 Å². The van der Waals surface area contributed by atoms with Gasteiger partial charge in [0.2, 0.25) is 0 Å². The van der Waals surface area contributed by atoms with Crippen LogP contribution in [-0.2, 0) is 0 Å². The molecule has 2 aromatic carbocycles. The normalized spacial score (nSPS) is 16.0. The first-order chi connectivity index (χ1) is 17.6. The number of nitrogens with zero attached hydrogens (tertiary/aromatic N) is 7. The minimum atomic E-state index is -0.124. The molecule has 0 amide bonds. The molecule has 0 spiro atoms. The highest BCUT2D eigenvalue weighted by atomic mass is 15.6. The van der Waals surface area contributed by atoms with Gasteiger partial charge in [0.05, 0.1) is 11.4 Å². The number of rotatable bonds is 7. The van der Waals surface area contributed by atoms with Crippen LogP contribution in [0.15, 0.2) is 72.8 Å². The fourth-order valence-electron chi connectivity index (χ4n) is 4.97. The quantitative estimate of drug-likeness (QED) is 0.391. The van der Waals surface area contributed by atoms with Gasteiger partial charge in [0, 0.05) is 38.4 Å². The van der Waals surface area contributed by atoms with Crippen molar-refractivity contribution in [3.63, 3.8) is 0 Å². The standard InChI is InChI=1S/C29H33N7/c1-22-10-7-11-23(2)27(22)36-29(31-32-33-36)28(26-16-8-12-24(3)30-26)35-20-18-34(19-21-35)17-9-15-25-13-5-4-6-14-25/h4-16,28H,17-21H2,1-3H3/b15-9+. The molecule has 184 valence electrons. The molecule has 36 heavy (non-hydrogen) atoms. The number of pyridine rings is 1. The summed E-state index contributed by atoms with van der Waals surface area (Å²) in [6.45, 7) is 11.0. The molecule has 0 radical (unpaired) electrons. The number of aromatic nitrogens is 5. The van der Waals surface area contributed by atoms with E-state index in [9.17, 15) is 0 Å². The molecule has 0 bridgehead atoms. The Kier molecular flexibility index (Phi) is 7.30. The largest absolute Gasteiger partial charge is 0.297 e. The van der Waals surface area contributed by atoms with Gasteiger partial charge < -0.3 is 0 Å². The van der Waals surface area contributed by atoms with E-state index in [1.807, 2.05) is 23.7 Å². The van der Waals surface area contributed by atoms with Crippen LogP contribution in [0.2, 0.25) is 0 Å². The fourth-order valence-corrected chi connectivity index (χ4v) is 4.97. The van der Waals surface area contributed by atoms with Crippen LogP contribution >= 0.6 is 0 Å². The molecule has 0 aliphatic carbocycles. The smallest absolute Gasteiger partial charge is 0.179 e. The van der Waals surface area contributed by atoms with Gasteiger partial charge in [0.1, 0.15) is 6.04 Å². The number of aryl methyl sites for hydroxylation is 3. The predicted octanol–water partition coefficient (Wildman–Crippen LogP) is 4.40. The number of hydrogen-bond donors (Lipinski definition) is 0. The number of piperazine rings is 1. The third-order valence-corrected chi connectivity index (χ3v) is 6.83. The Balaban J connectivity index is 1.39. The van der Waals surface area contributed by atoms with Crippen LogP contribution in [0.4, 0.5) is 0 Å². The molecule has 1 fully saturated rings. The van der Waals surface area contributed by atoms with Crippen LogP contribution < -0.4 is 0 Å². The van der Waals surface area contributed by atoms with E-state index in [-0.39, 0.29) is 6.04 Å². The lowest BCUT2D eigenvalue weighted by atomic mass is 10.1. The molecular formula is C29H33N7. The van der Waals surface area contributed by atoms with E-state index in [2.05, 4.69) is 106 Å². The van der Waals surface area contributed by atoms with E-state index in [1.54, 1.807) is 0 Å². The topological polar surface area (TPSA) is 63.0 Å². The van der Waals surface area contributed by atoms with Crippen molar-refractivity contribution in [1.29, 1.82) is 0 Å². The Morgan fingerprint density at radius 1 is 0.833 bits per heavy atom. The maximum Gasteiger partial charge on any atom is 0.179 e. The van der Waals surface area contributed by atoms with Crippen molar-refractivity contribution in [1.82, 2.24) is 35.0 Å². The van der Waals surface area contributed by atoms with Gasteiger partial charge in [0.25, 0.3) is 0 Å². The second-order valence-electron chi connectivity index (χ2n) is 9.45. The van der Waals surface area contributed by atoms with Crippen LogP contribution in [-0.4, -0.2) is 67.7 Å². The zero-order valence-electron chi connectivity index (χ0n) is 21.2. The van der Waals surface area contributed by atoms with Crippen molar-refractivity contribution >= 4 is 6.08 Å². The second kappa shape index (κ2) is 10.9. The molecule has 3 heterocycles. The summed E-state index contributed by atoms with van der Waals surface area (Å²) in [5, 5.41) is 13.1. The van der Waals surface area contributed by atoms with Gasteiger partial charge in [-0.25, -0.2) is 0 Å². The SMILES string of the molecule is Cc1cccc(C(c2nnnn2-c2c(C)cccc2C)N2CCN(C/C=C/c3ccccc3)CC2)n1. The summed E-state index contributed by atoms with van der Waals surface area (Å²) in [6, 6.07) is 22.8. The first-order valence-corrected chi connectivity index (χ1v) is 12.6. The van der Waals surface area contributed by atoms with Crippen LogP contribution in [0.25, 0.3) is 11.8 Å². The fraction of sp³-hybridized carbons (Fsp3) is 0.310. The molecule has 0 N–H and O–H groups in total. The first kappa shape index (κ1) is 24.0. The lowest BCUT2D eigenvalue weighted by molar-refractivity contribution is 0.112. The molecule has 4 aromatic rings. The summed E-state index contributed by atoms with van der Waals surface area (Å²) in [5.74, 6) is 0.808. The van der Waals surface area contributed by atoms with Crippen LogP contribution in [0.1, 0.15) is 39.9 Å². The highest BCUT2D eigenvalue weighted by molar-refractivity contribution is 5.49. The van der Waals surface area contributed by atoms with Crippen molar-refractivity contribution in [3.8, 4) is 5.69 Å². The average Bonchev–Trinajstić information content (AvgIpc) is 3.34. The Morgan fingerprint density at radius 2 is 1.56 bits per heavy atom. The zero-order chi connectivity index (χ0) is 24.9. The predicted molar refractivity (Wildman–Crippen MR) is 143 cm³/mol. The summed E-state index contributed by atoms with van der Waals surface area (Å²) in [4.78, 5) is 9.87. The van der Waals surface area contributed by atoms with Crippen molar-refractivity contribution in [2.75, 3.05) is 32.7 Å². The maximum atomic E-state index is 4.91. The summed E-state index contributed by atoms with van der Waals surface area (Å²) in [7, 11) is 0. The highest BCUT2D eigenvalue weighted by Gasteiger charge is 2.32. The summed E-state index contributed by atoms with van der Waals surface area (Å²) in [5.41, 5.74) is 6.55. The molecule has 5 rings (SSSR count). The molecule has 1 saturated heterocycles. The van der Waals surface area contributed by atoms with Crippen LogP contribution in [0, 0.1) is 20.8 Å². The van der Waals surface area contributed by atoms with E-state index in [0.29, 0.717) is 0 Å². The number of tetrazole rings is 1. The van der Waals surface area contributed by atoms with Crippen molar-refractivity contribution in [2.45, 2.75) is 26.8 Å². The number of hydrogen-bond acceptors (Lipinski definition) is 6. The maximum absolute atomic E-state index is 4.91. The molecule has 1 aliphatic heterocycles. The van der Waals surface area contributed by atoms with Gasteiger partial charge in [0.15, 0.2) is 5.82 Å². The second-order valence-corrected chi connectivity index (χ2v) is 9.45. The van der Waals surface area contributed by atoms with Gasteiger partial charge in [-0.15, -0.1) is 5.10 Å². The van der Waals surface area contributed by atoms with E-state index in [0.717, 1.165) is 66.8 Å². The molecule has 1 aliphatic rings. The van der Waals surface area contributed by atoms with Crippen LogP contribution in [0.3, 0.4) is 0 Å². The monoisotopic (exact) mass is 479 g/mol. The van der Waals surface area contributed by atoms with Crippen molar-refractivity contribution in [3.05, 3.63) is 107 Å². The van der Waals surface area contributed by atoms with Crippen LogP contribution in [0.5, 0.6) is 0 Å². The third-order valence-electron chi connectivity index (χ3n) is 6.83. The Bertz CT molecular complexity index is 1300. The molecule has 7 heteroatoms. The Morgan fingerprint density at radius 3 is 2.28 bits per heavy atom. The minimum Gasteiger partial charge on any atom is -0.297 e. The molecule has 2 aromatic heterocycles. The lowest BCUT2D eigenvalue weighted by Gasteiger charge is -2.38. The molecule has 7 nitrogen and oxygen atoms in total. The van der Waals surface area contributed by atoms with E-state index < -0.39 is 0 Å². The third kappa shape index (κ3) is 5.27. The molecule has 1 atom stereocenters. The summed E-state index contributed by atoms with van der Waals surface area (Å²) >= 11 is 0. The molecular weight excluding hydrogens is 446 g/mol. The molecule has 1 unspecified atom stereocenters.